The van der Waals surface area contributed by atoms with E-state index in [1.165, 1.54) is 0 Å². The smallest absolute Gasteiger partial charge is 0.374 e. The predicted molar refractivity (Wildman–Crippen MR) is 56.4 cm³/mol. The van der Waals surface area contributed by atoms with Crippen LogP contribution in [0.5, 0.6) is 0 Å². The monoisotopic (exact) mass is 386 g/mol. The van der Waals surface area contributed by atoms with Crippen molar-refractivity contribution in [2.45, 2.75) is 42.5 Å². The lowest BCUT2D eigenvalue weighted by molar-refractivity contribution is -0.371. The zero-order valence-corrected chi connectivity index (χ0v) is 11.4. The Labute approximate surface area is 127 Å². The molecule has 0 radical (unpaired) electrons. The molecule has 144 valence electrons. The maximum Gasteiger partial charge on any atom is 0.434 e. The third-order valence-electron chi connectivity index (χ3n) is 2.70. The minimum atomic E-state index is -7.06. The highest BCUT2D eigenvalue weighted by Crippen LogP contribution is 2.53. The van der Waals surface area contributed by atoms with Gasteiger partial charge >= 0.3 is 24.2 Å². The molecule has 0 N–H and O–H groups in total. The van der Waals surface area contributed by atoms with Gasteiger partial charge in [0.25, 0.3) is 0 Å². The van der Waals surface area contributed by atoms with Gasteiger partial charge in [-0.2, -0.15) is 39.5 Å². The third-order valence-corrected chi connectivity index (χ3v) is 2.70. The van der Waals surface area contributed by atoms with E-state index in [9.17, 15) is 52.7 Å². The van der Waals surface area contributed by atoms with Gasteiger partial charge in [0.05, 0.1) is 19.6 Å². The molecule has 0 amide bonds. The van der Waals surface area contributed by atoms with Crippen LogP contribution in [-0.4, -0.2) is 49.3 Å². The van der Waals surface area contributed by atoms with Gasteiger partial charge in [-0.15, -0.1) is 6.58 Å². The molecule has 0 saturated heterocycles. The van der Waals surface area contributed by atoms with E-state index in [-0.39, 0.29) is 0 Å². The summed E-state index contributed by atoms with van der Waals surface area (Å²) in [6.45, 7) is -0.107. The first kappa shape index (κ1) is 22.9. The van der Waals surface area contributed by atoms with Gasteiger partial charge in [0.1, 0.15) is 0 Å². The van der Waals surface area contributed by atoms with Crippen molar-refractivity contribution in [3.8, 4) is 0 Å². The van der Waals surface area contributed by atoms with E-state index < -0.39 is 55.7 Å². The third kappa shape index (κ3) is 4.93. The number of rotatable bonds is 7. The van der Waals surface area contributed by atoms with Crippen LogP contribution >= 0.6 is 0 Å². The zero-order chi connectivity index (χ0) is 19.6. The van der Waals surface area contributed by atoms with E-state index in [0.29, 0.717) is 0 Å². The molecule has 0 aromatic heterocycles. The van der Waals surface area contributed by atoms with E-state index >= 15 is 0 Å². The molecule has 2 unspecified atom stereocenters. The molecular formula is C11H10F12O. The lowest BCUT2D eigenvalue weighted by Crippen LogP contribution is -2.66. The van der Waals surface area contributed by atoms with Crippen LogP contribution in [0.4, 0.5) is 52.7 Å². The van der Waals surface area contributed by atoms with Crippen molar-refractivity contribution in [1.82, 2.24) is 0 Å². The fourth-order valence-electron chi connectivity index (χ4n) is 1.66. The summed E-state index contributed by atoms with van der Waals surface area (Å²) in [4.78, 5) is 0. The van der Waals surface area contributed by atoms with Gasteiger partial charge in [0.15, 0.2) is 11.8 Å². The Morgan fingerprint density at radius 1 is 0.833 bits per heavy atom. The molecule has 0 heterocycles. The molecule has 0 saturated carbocycles. The van der Waals surface area contributed by atoms with Crippen molar-refractivity contribution in [2.24, 2.45) is 0 Å². The van der Waals surface area contributed by atoms with Crippen LogP contribution in [0.2, 0.25) is 0 Å². The average molecular weight is 386 g/mol. The van der Waals surface area contributed by atoms with Gasteiger partial charge in [-0.1, -0.05) is 6.08 Å². The summed E-state index contributed by atoms with van der Waals surface area (Å²) in [6, 6.07) is 0. The number of hydrogen-bond acceptors (Lipinski definition) is 1. The summed E-state index contributed by atoms with van der Waals surface area (Å²) in [5, 5.41) is 0. The minimum absolute atomic E-state index is 0.747. The maximum absolute atomic E-state index is 14.1. The first-order valence-corrected chi connectivity index (χ1v) is 5.83. The van der Waals surface area contributed by atoms with E-state index in [0.717, 1.165) is 6.08 Å². The molecule has 0 aromatic carbocycles. The lowest BCUT2D eigenvalue weighted by atomic mass is 9.84. The Hall–Kier alpha value is -1.14. The summed E-state index contributed by atoms with van der Waals surface area (Å²) in [6.07, 6.45) is -27.5. The SMILES string of the molecule is C=CCOCC(F)(CC(F)(F)F)C(F)C(F)(C(F)(F)F)C(F)(F)F. The molecule has 0 bridgehead atoms. The highest BCUT2D eigenvalue weighted by molar-refractivity contribution is 5.09. The molecule has 0 aliphatic heterocycles. The van der Waals surface area contributed by atoms with E-state index in [1.807, 2.05) is 0 Å². The highest BCUT2D eigenvalue weighted by atomic mass is 19.4. The second kappa shape index (κ2) is 7.00. The van der Waals surface area contributed by atoms with Crippen LogP contribution in [0.15, 0.2) is 12.7 Å². The van der Waals surface area contributed by atoms with Crippen molar-refractivity contribution in [3.05, 3.63) is 12.7 Å². The van der Waals surface area contributed by atoms with Crippen molar-refractivity contribution in [1.29, 1.82) is 0 Å². The molecule has 2 atom stereocenters. The van der Waals surface area contributed by atoms with E-state index in [4.69, 9.17) is 0 Å². The normalized spacial score (nSPS) is 18.2. The van der Waals surface area contributed by atoms with E-state index in [1.54, 1.807) is 0 Å². The molecule has 0 rings (SSSR count). The van der Waals surface area contributed by atoms with Crippen LogP contribution in [0.25, 0.3) is 0 Å². The molecule has 0 aliphatic rings. The Bertz CT molecular complexity index is 408. The zero-order valence-electron chi connectivity index (χ0n) is 11.4. The molecule has 0 fully saturated rings. The number of halogens is 12. The van der Waals surface area contributed by atoms with Gasteiger partial charge in [-0.3, -0.25) is 0 Å². The van der Waals surface area contributed by atoms with Crippen molar-refractivity contribution < 1.29 is 57.4 Å². The summed E-state index contributed by atoms with van der Waals surface area (Å²) >= 11 is 0. The molecule has 0 aromatic rings. The summed E-state index contributed by atoms with van der Waals surface area (Å²) in [5.41, 5.74) is -11.8. The van der Waals surface area contributed by atoms with Crippen LogP contribution in [-0.2, 0) is 4.74 Å². The minimum Gasteiger partial charge on any atom is -0.374 e. The predicted octanol–water partition coefficient (Wildman–Crippen LogP) is 5.02. The van der Waals surface area contributed by atoms with E-state index in [2.05, 4.69) is 11.3 Å². The molecule has 1 nitrogen and oxygen atoms in total. The first-order chi connectivity index (χ1) is 10.4. The Morgan fingerprint density at radius 3 is 1.54 bits per heavy atom. The Balaban J connectivity index is 6.01. The molecular weight excluding hydrogens is 376 g/mol. The van der Waals surface area contributed by atoms with Crippen LogP contribution in [0.1, 0.15) is 6.42 Å². The molecule has 24 heavy (non-hydrogen) atoms. The second-order valence-electron chi connectivity index (χ2n) is 4.70. The molecule has 0 aliphatic carbocycles. The first-order valence-electron chi connectivity index (χ1n) is 5.83. The standard InChI is InChI=1S/C11H10F12O/c1-2-3-24-5-7(13,4-8(14,15)16)6(12)9(17,10(18,19)20)11(21,22)23/h2,6H,1,3-5H2. The highest BCUT2D eigenvalue weighted by Gasteiger charge is 2.81. The van der Waals surface area contributed by atoms with Crippen molar-refractivity contribution in [2.75, 3.05) is 13.2 Å². The van der Waals surface area contributed by atoms with Gasteiger partial charge in [0.2, 0.25) is 0 Å². The number of alkyl halides is 12. The van der Waals surface area contributed by atoms with Crippen LogP contribution in [0, 0.1) is 0 Å². The van der Waals surface area contributed by atoms with Crippen molar-refractivity contribution >= 4 is 0 Å². The van der Waals surface area contributed by atoms with Gasteiger partial charge in [-0.05, 0) is 0 Å². The summed E-state index contributed by atoms with van der Waals surface area (Å²) in [5.74, 6) is 0. The second-order valence-corrected chi connectivity index (χ2v) is 4.70. The summed E-state index contributed by atoms with van der Waals surface area (Å²) < 4.78 is 156. The lowest BCUT2D eigenvalue weighted by Gasteiger charge is -2.39. The quantitative estimate of drug-likeness (QED) is 0.339. The Kier molecular flexibility index (Phi) is 6.67. The van der Waals surface area contributed by atoms with Gasteiger partial charge < -0.3 is 4.74 Å². The molecule has 0 spiro atoms. The maximum atomic E-state index is 14.1. The summed E-state index contributed by atoms with van der Waals surface area (Å²) in [7, 11) is 0. The van der Waals surface area contributed by atoms with Crippen molar-refractivity contribution in [3.63, 3.8) is 0 Å². The fraction of sp³-hybridized carbons (Fsp3) is 0.818. The number of ether oxygens (including phenoxy) is 1. The fourth-order valence-corrected chi connectivity index (χ4v) is 1.66. The van der Waals surface area contributed by atoms with Gasteiger partial charge in [0, 0.05) is 0 Å². The Morgan fingerprint density at radius 2 is 1.25 bits per heavy atom. The van der Waals surface area contributed by atoms with Crippen LogP contribution in [0.3, 0.4) is 0 Å². The molecule has 13 heteroatoms. The largest absolute Gasteiger partial charge is 0.434 e. The topological polar surface area (TPSA) is 9.23 Å². The number of hydrogen-bond donors (Lipinski definition) is 0. The van der Waals surface area contributed by atoms with Crippen LogP contribution < -0.4 is 0 Å². The average Bonchev–Trinajstić information content (AvgIpc) is 2.32. The van der Waals surface area contributed by atoms with Gasteiger partial charge in [-0.25, -0.2) is 13.2 Å².